The van der Waals surface area contributed by atoms with E-state index in [0.29, 0.717) is 36.1 Å². The van der Waals surface area contributed by atoms with Crippen LogP contribution < -0.4 is 15.5 Å². The molecule has 1 saturated heterocycles. The topological polar surface area (TPSA) is 61.4 Å². The molecule has 4 rings (SSSR count). The summed E-state index contributed by atoms with van der Waals surface area (Å²) < 4.78 is 0. The van der Waals surface area contributed by atoms with Gasteiger partial charge in [0.05, 0.1) is 12.0 Å². The maximum atomic E-state index is 13.2. The molecule has 2 N–H and O–H groups in total. The summed E-state index contributed by atoms with van der Waals surface area (Å²) in [5, 5.41) is 8.00. The van der Waals surface area contributed by atoms with Gasteiger partial charge in [0, 0.05) is 35.9 Å². The summed E-state index contributed by atoms with van der Waals surface area (Å²) >= 11 is 1.57. The smallest absolute Gasteiger partial charge is 0.253 e. The fourth-order valence-corrected chi connectivity index (χ4v) is 5.27. The Hall–Kier alpha value is -3.12. The van der Waals surface area contributed by atoms with Crippen molar-refractivity contribution in [1.82, 2.24) is 5.32 Å². The van der Waals surface area contributed by atoms with Crippen LogP contribution in [0.4, 0.5) is 11.4 Å². The number of benzene rings is 2. The third-order valence-electron chi connectivity index (χ3n) is 6.43. The molecule has 2 heterocycles. The van der Waals surface area contributed by atoms with Crippen molar-refractivity contribution in [3.8, 4) is 0 Å². The van der Waals surface area contributed by atoms with Gasteiger partial charge in [-0.3, -0.25) is 9.59 Å². The van der Waals surface area contributed by atoms with E-state index in [9.17, 15) is 9.59 Å². The predicted molar refractivity (Wildman–Crippen MR) is 145 cm³/mol. The molecule has 6 heteroatoms. The third-order valence-corrected chi connectivity index (χ3v) is 7.31. The molecule has 1 aromatic heterocycles. The van der Waals surface area contributed by atoms with E-state index in [4.69, 9.17) is 0 Å². The van der Waals surface area contributed by atoms with Crippen LogP contribution in [0.15, 0.2) is 66.0 Å². The van der Waals surface area contributed by atoms with E-state index in [1.165, 1.54) is 5.56 Å². The standard InChI is InChI=1S/C29H35N3O2S/c1-21(2)20-30-29(34)26-18-24(31-28(33)19-25-9-6-16-35-25)10-11-27(26)32-14-12-23(13-15-32)17-22-7-4-3-5-8-22/h3-11,16,18,21,23H,12-15,17,19-20H2,1-2H3,(H,30,34)(H,31,33). The largest absolute Gasteiger partial charge is 0.371 e. The molecule has 0 radical (unpaired) electrons. The number of carbonyl (C=O) groups excluding carboxylic acids is 2. The monoisotopic (exact) mass is 489 g/mol. The van der Waals surface area contributed by atoms with Crippen LogP contribution in [0.3, 0.4) is 0 Å². The minimum absolute atomic E-state index is 0.0736. The van der Waals surface area contributed by atoms with Gasteiger partial charge in [-0.1, -0.05) is 50.2 Å². The minimum Gasteiger partial charge on any atom is -0.371 e. The molecule has 0 bridgehead atoms. The van der Waals surface area contributed by atoms with Gasteiger partial charge in [0.15, 0.2) is 0 Å². The molecule has 1 aliphatic rings. The van der Waals surface area contributed by atoms with Crippen LogP contribution in [0.5, 0.6) is 0 Å². The number of hydrogen-bond donors (Lipinski definition) is 2. The zero-order valence-corrected chi connectivity index (χ0v) is 21.4. The predicted octanol–water partition coefficient (Wildman–Crippen LogP) is 5.77. The summed E-state index contributed by atoms with van der Waals surface area (Å²) in [5.41, 5.74) is 3.62. The maximum Gasteiger partial charge on any atom is 0.253 e. The van der Waals surface area contributed by atoms with Crippen molar-refractivity contribution in [3.05, 3.63) is 82.0 Å². The molecule has 0 unspecified atom stereocenters. The van der Waals surface area contributed by atoms with Crippen molar-refractivity contribution in [1.29, 1.82) is 0 Å². The molecule has 2 aromatic carbocycles. The number of rotatable bonds is 9. The van der Waals surface area contributed by atoms with Crippen molar-refractivity contribution in [2.45, 2.75) is 39.5 Å². The van der Waals surface area contributed by atoms with Crippen LogP contribution in [0.25, 0.3) is 0 Å². The van der Waals surface area contributed by atoms with Crippen LogP contribution in [-0.4, -0.2) is 31.4 Å². The number of amides is 2. The summed E-state index contributed by atoms with van der Waals surface area (Å²) in [6.07, 6.45) is 3.64. The number of hydrogen-bond acceptors (Lipinski definition) is 4. The summed E-state index contributed by atoms with van der Waals surface area (Å²) in [7, 11) is 0. The SMILES string of the molecule is CC(C)CNC(=O)c1cc(NC(=O)Cc2cccs2)ccc1N1CCC(Cc2ccccc2)CC1. The van der Waals surface area contributed by atoms with Crippen molar-refractivity contribution in [3.63, 3.8) is 0 Å². The zero-order valence-electron chi connectivity index (χ0n) is 20.6. The van der Waals surface area contributed by atoms with E-state index < -0.39 is 0 Å². The first-order valence-electron chi connectivity index (χ1n) is 12.5. The van der Waals surface area contributed by atoms with E-state index in [1.807, 2.05) is 35.7 Å². The molecule has 0 aliphatic carbocycles. The van der Waals surface area contributed by atoms with Gasteiger partial charge in [-0.25, -0.2) is 0 Å². The Kier molecular flexibility index (Phi) is 8.59. The van der Waals surface area contributed by atoms with Crippen LogP contribution >= 0.6 is 11.3 Å². The van der Waals surface area contributed by atoms with Crippen molar-refractivity contribution in [2.75, 3.05) is 29.9 Å². The molecule has 3 aromatic rings. The van der Waals surface area contributed by atoms with E-state index in [2.05, 4.69) is 59.7 Å². The molecular weight excluding hydrogens is 454 g/mol. The zero-order chi connectivity index (χ0) is 24.6. The van der Waals surface area contributed by atoms with Gasteiger partial charge in [-0.05, 0) is 66.3 Å². The summed E-state index contributed by atoms with van der Waals surface area (Å²) in [6.45, 7) is 6.63. The normalized spacial score (nSPS) is 14.2. The van der Waals surface area contributed by atoms with Gasteiger partial charge < -0.3 is 15.5 Å². The number of anilines is 2. The van der Waals surface area contributed by atoms with Gasteiger partial charge >= 0.3 is 0 Å². The second-order valence-electron chi connectivity index (χ2n) is 9.76. The van der Waals surface area contributed by atoms with E-state index in [1.54, 1.807) is 11.3 Å². The molecular formula is C29H35N3O2S. The van der Waals surface area contributed by atoms with Gasteiger partial charge in [0.25, 0.3) is 5.91 Å². The molecule has 1 aliphatic heterocycles. The molecule has 184 valence electrons. The van der Waals surface area contributed by atoms with Crippen LogP contribution in [0.1, 0.15) is 47.5 Å². The van der Waals surface area contributed by atoms with Crippen molar-refractivity contribution >= 4 is 34.5 Å². The highest BCUT2D eigenvalue weighted by molar-refractivity contribution is 7.10. The molecule has 2 amide bonds. The van der Waals surface area contributed by atoms with Crippen molar-refractivity contribution < 1.29 is 9.59 Å². The number of nitrogens with one attached hydrogen (secondary N) is 2. The Bertz CT molecular complexity index is 1100. The van der Waals surface area contributed by atoms with Gasteiger partial charge in [0.1, 0.15) is 0 Å². The minimum atomic E-state index is -0.0885. The van der Waals surface area contributed by atoms with Crippen LogP contribution in [0, 0.1) is 11.8 Å². The highest BCUT2D eigenvalue weighted by Gasteiger charge is 2.24. The lowest BCUT2D eigenvalue weighted by atomic mass is 9.89. The first-order chi connectivity index (χ1) is 17.0. The van der Waals surface area contributed by atoms with Crippen LogP contribution in [-0.2, 0) is 17.6 Å². The van der Waals surface area contributed by atoms with Crippen LogP contribution in [0.2, 0.25) is 0 Å². The lowest BCUT2D eigenvalue weighted by molar-refractivity contribution is -0.115. The lowest BCUT2D eigenvalue weighted by Crippen LogP contribution is -2.36. The van der Waals surface area contributed by atoms with E-state index >= 15 is 0 Å². The Balaban J connectivity index is 1.46. The van der Waals surface area contributed by atoms with E-state index in [0.717, 1.165) is 42.9 Å². The van der Waals surface area contributed by atoms with Crippen molar-refractivity contribution in [2.24, 2.45) is 11.8 Å². The van der Waals surface area contributed by atoms with Gasteiger partial charge in [-0.2, -0.15) is 0 Å². The number of thiophene rings is 1. The first kappa shape index (κ1) is 25.0. The average Bonchev–Trinajstić information content (AvgIpc) is 3.36. The number of nitrogens with zero attached hydrogens (tertiary/aromatic N) is 1. The number of piperidine rings is 1. The summed E-state index contributed by atoms with van der Waals surface area (Å²) in [6, 6.07) is 20.3. The second kappa shape index (κ2) is 12.0. The van der Waals surface area contributed by atoms with E-state index in [-0.39, 0.29) is 11.8 Å². The highest BCUT2D eigenvalue weighted by atomic mass is 32.1. The molecule has 0 atom stereocenters. The van der Waals surface area contributed by atoms with Gasteiger partial charge in [-0.15, -0.1) is 11.3 Å². The Morgan fingerprint density at radius 1 is 1.03 bits per heavy atom. The molecule has 5 nitrogen and oxygen atoms in total. The summed E-state index contributed by atoms with van der Waals surface area (Å²) in [5.74, 6) is 0.859. The Labute approximate surface area is 212 Å². The molecule has 0 spiro atoms. The third kappa shape index (κ3) is 7.18. The fraction of sp³-hybridized carbons (Fsp3) is 0.379. The first-order valence-corrected chi connectivity index (χ1v) is 13.4. The maximum absolute atomic E-state index is 13.2. The molecule has 0 saturated carbocycles. The highest BCUT2D eigenvalue weighted by Crippen LogP contribution is 2.30. The lowest BCUT2D eigenvalue weighted by Gasteiger charge is -2.35. The molecule has 35 heavy (non-hydrogen) atoms. The Morgan fingerprint density at radius 3 is 2.49 bits per heavy atom. The van der Waals surface area contributed by atoms with Gasteiger partial charge in [0.2, 0.25) is 5.91 Å². The molecule has 1 fully saturated rings. The Morgan fingerprint density at radius 2 is 1.80 bits per heavy atom. The number of carbonyl (C=O) groups is 2. The quantitative estimate of drug-likeness (QED) is 0.401. The average molecular weight is 490 g/mol. The fourth-order valence-electron chi connectivity index (χ4n) is 4.57. The summed E-state index contributed by atoms with van der Waals surface area (Å²) in [4.78, 5) is 29.0. The second-order valence-corrected chi connectivity index (χ2v) is 10.8.